The first-order valence-electron chi connectivity index (χ1n) is 6.87. The number of hydrogen-bond acceptors (Lipinski definition) is 4. The molecule has 1 fully saturated rings. The van der Waals surface area contributed by atoms with Crippen molar-refractivity contribution in [1.82, 2.24) is 9.62 Å². The van der Waals surface area contributed by atoms with Gasteiger partial charge in [0.15, 0.2) is 0 Å². The van der Waals surface area contributed by atoms with Gasteiger partial charge in [-0.25, -0.2) is 12.7 Å². The molecule has 0 unspecified atom stereocenters. The second-order valence-corrected chi connectivity index (χ2v) is 6.97. The predicted octanol–water partition coefficient (Wildman–Crippen LogP) is 0.0793. The molecule has 112 valence electrons. The molecule has 6 nitrogen and oxygen atoms in total. The van der Waals surface area contributed by atoms with Crippen LogP contribution in [0, 0.1) is 0 Å². The summed E-state index contributed by atoms with van der Waals surface area (Å²) in [6.07, 6.45) is 2.74. The number of carbonyl (C=O) groups is 1. The van der Waals surface area contributed by atoms with Crippen LogP contribution in [0.4, 0.5) is 0 Å². The molecule has 0 saturated carbocycles. The van der Waals surface area contributed by atoms with Crippen LogP contribution in [0.2, 0.25) is 0 Å². The first kappa shape index (κ1) is 16.4. The molecule has 2 N–H and O–H groups in total. The fraction of sp³-hybridized carbons (Fsp3) is 0.917. The first-order chi connectivity index (χ1) is 8.99. The smallest absolute Gasteiger partial charge is 0.220 e. The molecule has 7 heteroatoms. The van der Waals surface area contributed by atoms with E-state index in [0.717, 1.165) is 0 Å². The molecule has 1 saturated heterocycles. The number of amides is 1. The summed E-state index contributed by atoms with van der Waals surface area (Å²) >= 11 is 0. The molecule has 1 aliphatic rings. The van der Waals surface area contributed by atoms with Gasteiger partial charge in [-0.1, -0.05) is 6.92 Å². The third kappa shape index (κ3) is 5.46. The summed E-state index contributed by atoms with van der Waals surface area (Å²) in [6.45, 7) is 2.83. The third-order valence-corrected chi connectivity index (χ3v) is 5.31. The van der Waals surface area contributed by atoms with E-state index in [1.165, 1.54) is 4.31 Å². The maximum atomic E-state index is 11.9. The quantitative estimate of drug-likeness (QED) is 0.696. The Bertz CT molecular complexity index is 375. The van der Waals surface area contributed by atoms with Gasteiger partial charge < -0.3 is 10.4 Å². The fourth-order valence-electron chi connectivity index (χ4n) is 2.20. The molecule has 1 rings (SSSR count). The minimum absolute atomic E-state index is 0.0150. The van der Waals surface area contributed by atoms with Gasteiger partial charge in [0.2, 0.25) is 15.9 Å². The lowest BCUT2D eigenvalue weighted by molar-refractivity contribution is -0.122. The van der Waals surface area contributed by atoms with Crippen LogP contribution in [0.15, 0.2) is 0 Å². The van der Waals surface area contributed by atoms with Gasteiger partial charge in [0.1, 0.15) is 0 Å². The molecular formula is C12H24N2O4S. The second kappa shape index (κ2) is 7.81. The van der Waals surface area contributed by atoms with E-state index in [1.54, 1.807) is 0 Å². The Morgan fingerprint density at radius 2 is 2.00 bits per heavy atom. The van der Waals surface area contributed by atoms with Crippen molar-refractivity contribution in [3.63, 3.8) is 0 Å². The molecule has 0 bridgehead atoms. The van der Waals surface area contributed by atoms with Gasteiger partial charge >= 0.3 is 0 Å². The molecule has 1 heterocycles. The summed E-state index contributed by atoms with van der Waals surface area (Å²) in [6, 6.07) is 0.0549. The van der Waals surface area contributed by atoms with E-state index in [1.807, 2.05) is 6.92 Å². The zero-order valence-electron chi connectivity index (χ0n) is 11.5. The molecule has 1 aliphatic heterocycles. The highest BCUT2D eigenvalue weighted by Gasteiger charge is 2.27. The lowest BCUT2D eigenvalue weighted by Gasteiger charge is -2.31. The van der Waals surface area contributed by atoms with Crippen LogP contribution in [-0.4, -0.2) is 55.2 Å². The van der Waals surface area contributed by atoms with Gasteiger partial charge in [0.05, 0.1) is 5.75 Å². The minimum Gasteiger partial charge on any atom is -0.396 e. The first-order valence-corrected chi connectivity index (χ1v) is 8.48. The zero-order chi connectivity index (χ0) is 14.3. The number of nitrogens with zero attached hydrogens (tertiary/aromatic N) is 1. The third-order valence-electron chi connectivity index (χ3n) is 3.24. The summed E-state index contributed by atoms with van der Waals surface area (Å²) < 4.78 is 25.3. The largest absolute Gasteiger partial charge is 0.396 e. The summed E-state index contributed by atoms with van der Waals surface area (Å²) in [5.41, 5.74) is 0. The second-order valence-electron chi connectivity index (χ2n) is 4.88. The average Bonchev–Trinajstić information content (AvgIpc) is 2.37. The summed E-state index contributed by atoms with van der Waals surface area (Å²) in [5.74, 6) is 0.129. The topological polar surface area (TPSA) is 86.7 Å². The van der Waals surface area contributed by atoms with Gasteiger partial charge in [-0.15, -0.1) is 0 Å². The van der Waals surface area contributed by atoms with E-state index in [2.05, 4.69) is 5.32 Å². The van der Waals surface area contributed by atoms with Crippen molar-refractivity contribution < 1.29 is 18.3 Å². The van der Waals surface area contributed by atoms with Crippen LogP contribution in [0.5, 0.6) is 0 Å². The van der Waals surface area contributed by atoms with E-state index >= 15 is 0 Å². The van der Waals surface area contributed by atoms with Crippen molar-refractivity contribution in [1.29, 1.82) is 0 Å². The molecule has 1 amide bonds. The summed E-state index contributed by atoms with van der Waals surface area (Å²) in [4.78, 5) is 11.5. The number of hydrogen-bond donors (Lipinski definition) is 2. The van der Waals surface area contributed by atoms with E-state index in [-0.39, 0.29) is 24.3 Å². The molecule has 0 aromatic carbocycles. The van der Waals surface area contributed by atoms with Crippen molar-refractivity contribution in [3.8, 4) is 0 Å². The number of sulfonamides is 1. The van der Waals surface area contributed by atoms with Gasteiger partial charge in [-0.3, -0.25) is 4.79 Å². The molecule has 19 heavy (non-hydrogen) atoms. The SMILES string of the molecule is CCCS(=O)(=O)N1CCC(NC(=O)CCCO)CC1. The number of carbonyl (C=O) groups excluding carboxylic acids is 1. The number of aliphatic hydroxyl groups excluding tert-OH is 1. The maximum Gasteiger partial charge on any atom is 0.220 e. The van der Waals surface area contributed by atoms with Crippen molar-refractivity contribution in [3.05, 3.63) is 0 Å². The Balaban J connectivity index is 2.35. The molecule has 0 spiro atoms. The van der Waals surface area contributed by atoms with Crippen LogP contribution in [0.1, 0.15) is 39.0 Å². The highest BCUT2D eigenvalue weighted by atomic mass is 32.2. The number of nitrogens with one attached hydrogen (secondary N) is 1. The predicted molar refractivity (Wildman–Crippen MR) is 73.1 cm³/mol. The Hall–Kier alpha value is -0.660. The monoisotopic (exact) mass is 292 g/mol. The highest BCUT2D eigenvalue weighted by molar-refractivity contribution is 7.89. The van der Waals surface area contributed by atoms with Crippen LogP contribution in [-0.2, 0) is 14.8 Å². The zero-order valence-corrected chi connectivity index (χ0v) is 12.3. The fourth-order valence-corrected chi connectivity index (χ4v) is 3.75. The van der Waals surface area contributed by atoms with Crippen molar-refractivity contribution >= 4 is 15.9 Å². The average molecular weight is 292 g/mol. The number of piperidine rings is 1. The van der Waals surface area contributed by atoms with Crippen LogP contribution in [0.25, 0.3) is 0 Å². The lowest BCUT2D eigenvalue weighted by Crippen LogP contribution is -2.47. The number of rotatable bonds is 7. The summed E-state index contributed by atoms with van der Waals surface area (Å²) in [5, 5.41) is 11.5. The molecule has 0 radical (unpaired) electrons. The molecule has 0 atom stereocenters. The van der Waals surface area contributed by atoms with Gasteiger partial charge in [0.25, 0.3) is 0 Å². The van der Waals surface area contributed by atoms with E-state index in [0.29, 0.717) is 45.2 Å². The molecule has 0 aliphatic carbocycles. The molecular weight excluding hydrogens is 268 g/mol. The van der Waals surface area contributed by atoms with Crippen LogP contribution >= 0.6 is 0 Å². The van der Waals surface area contributed by atoms with Gasteiger partial charge in [-0.2, -0.15) is 0 Å². The normalized spacial score (nSPS) is 18.4. The van der Waals surface area contributed by atoms with E-state index < -0.39 is 10.0 Å². The maximum absolute atomic E-state index is 11.9. The van der Waals surface area contributed by atoms with Gasteiger partial charge in [0, 0.05) is 32.2 Å². The summed E-state index contributed by atoms with van der Waals surface area (Å²) in [7, 11) is -3.11. The lowest BCUT2D eigenvalue weighted by atomic mass is 10.1. The standard InChI is InChI=1S/C12H24N2O4S/c1-2-10-19(17,18)14-7-5-11(6-8-14)13-12(16)4-3-9-15/h11,15H,2-10H2,1H3,(H,13,16). The van der Waals surface area contributed by atoms with Crippen LogP contribution in [0.3, 0.4) is 0 Å². The molecule has 0 aromatic rings. The Labute approximate surface area is 115 Å². The van der Waals surface area contributed by atoms with E-state index in [4.69, 9.17) is 5.11 Å². The van der Waals surface area contributed by atoms with Gasteiger partial charge in [-0.05, 0) is 25.7 Å². The highest BCUT2D eigenvalue weighted by Crippen LogP contribution is 2.15. The van der Waals surface area contributed by atoms with E-state index in [9.17, 15) is 13.2 Å². The Morgan fingerprint density at radius 3 is 2.53 bits per heavy atom. The van der Waals surface area contributed by atoms with Crippen molar-refractivity contribution in [2.45, 2.75) is 45.1 Å². The minimum atomic E-state index is -3.11. The Kier molecular flexibility index (Phi) is 6.74. The Morgan fingerprint density at radius 1 is 1.37 bits per heavy atom. The van der Waals surface area contributed by atoms with Crippen molar-refractivity contribution in [2.24, 2.45) is 0 Å². The number of aliphatic hydroxyl groups is 1. The van der Waals surface area contributed by atoms with Crippen molar-refractivity contribution in [2.75, 3.05) is 25.4 Å². The van der Waals surface area contributed by atoms with Crippen LogP contribution < -0.4 is 5.32 Å². The molecule has 0 aromatic heterocycles.